The molecule has 0 spiro atoms. The minimum absolute atomic E-state index is 0.00148. The van der Waals surface area contributed by atoms with Gasteiger partial charge in [-0.25, -0.2) is 9.18 Å². The largest absolute Gasteiger partial charge is 0.338 e. The molecule has 0 aliphatic carbocycles. The van der Waals surface area contributed by atoms with Gasteiger partial charge in [-0.3, -0.25) is 9.78 Å². The number of carbonyl (C=O) groups is 2. The van der Waals surface area contributed by atoms with Gasteiger partial charge in [0, 0.05) is 37.2 Å². The molecule has 1 aromatic carbocycles. The molecular formula is C18H19FN4O2. The van der Waals surface area contributed by atoms with Crippen LogP contribution < -0.4 is 10.6 Å². The zero-order valence-electron chi connectivity index (χ0n) is 13.6. The lowest BCUT2D eigenvalue weighted by Crippen LogP contribution is -2.47. The van der Waals surface area contributed by atoms with Crippen LogP contribution in [0.4, 0.5) is 14.9 Å². The standard InChI is InChI=1S/C18H19FN4O2/c19-14-3-5-15(6-4-14)21-18(25)22-16-7-10-23(11-8-16)17(24)13-2-1-9-20-12-13/h1-6,9,12,16H,7-8,10-11H2,(H2,21,22,25). The fourth-order valence-corrected chi connectivity index (χ4v) is 2.78. The Labute approximate surface area is 145 Å². The first-order chi connectivity index (χ1) is 12.1. The number of likely N-dealkylation sites (tertiary alicyclic amines) is 1. The summed E-state index contributed by atoms with van der Waals surface area (Å²) in [6, 6.07) is 8.74. The number of piperidine rings is 1. The number of carbonyl (C=O) groups excluding carboxylic acids is 2. The van der Waals surface area contributed by atoms with Gasteiger partial charge in [-0.05, 0) is 49.2 Å². The van der Waals surface area contributed by atoms with Gasteiger partial charge in [0.05, 0.1) is 5.56 Å². The van der Waals surface area contributed by atoms with E-state index in [4.69, 9.17) is 0 Å². The second-order valence-corrected chi connectivity index (χ2v) is 5.91. The number of amides is 3. The third-order valence-electron chi connectivity index (χ3n) is 4.13. The molecule has 1 fully saturated rings. The number of nitrogens with one attached hydrogen (secondary N) is 2. The number of hydrogen-bond donors (Lipinski definition) is 2. The summed E-state index contributed by atoms with van der Waals surface area (Å²) in [4.78, 5) is 30.1. The molecule has 0 unspecified atom stereocenters. The Kier molecular flexibility index (Phi) is 5.23. The predicted molar refractivity (Wildman–Crippen MR) is 91.7 cm³/mol. The molecule has 130 valence electrons. The van der Waals surface area contributed by atoms with Crippen molar-refractivity contribution in [3.63, 3.8) is 0 Å². The Hall–Kier alpha value is -2.96. The van der Waals surface area contributed by atoms with Crippen LogP contribution in [0.3, 0.4) is 0 Å². The van der Waals surface area contributed by atoms with Gasteiger partial charge in [-0.2, -0.15) is 0 Å². The highest BCUT2D eigenvalue weighted by atomic mass is 19.1. The van der Waals surface area contributed by atoms with E-state index in [9.17, 15) is 14.0 Å². The normalized spacial score (nSPS) is 14.8. The summed E-state index contributed by atoms with van der Waals surface area (Å²) >= 11 is 0. The van der Waals surface area contributed by atoms with Gasteiger partial charge in [0.1, 0.15) is 5.82 Å². The van der Waals surface area contributed by atoms with E-state index in [1.54, 1.807) is 29.4 Å². The second-order valence-electron chi connectivity index (χ2n) is 5.91. The van der Waals surface area contributed by atoms with Crippen LogP contribution in [-0.4, -0.2) is 41.0 Å². The van der Waals surface area contributed by atoms with Crippen LogP contribution >= 0.6 is 0 Å². The van der Waals surface area contributed by atoms with Crippen LogP contribution in [0.25, 0.3) is 0 Å². The molecule has 3 amide bonds. The molecule has 6 nitrogen and oxygen atoms in total. The van der Waals surface area contributed by atoms with Gasteiger partial charge in [0.15, 0.2) is 0 Å². The fourth-order valence-electron chi connectivity index (χ4n) is 2.78. The van der Waals surface area contributed by atoms with E-state index in [1.165, 1.54) is 24.3 Å². The maximum atomic E-state index is 12.9. The maximum absolute atomic E-state index is 12.9. The molecule has 1 aliphatic rings. The van der Waals surface area contributed by atoms with E-state index >= 15 is 0 Å². The van der Waals surface area contributed by atoms with Crippen molar-refractivity contribution in [1.29, 1.82) is 0 Å². The summed E-state index contributed by atoms with van der Waals surface area (Å²) in [5.74, 6) is -0.390. The average Bonchev–Trinajstić information content (AvgIpc) is 2.64. The van der Waals surface area contributed by atoms with Gasteiger partial charge in [-0.15, -0.1) is 0 Å². The number of halogens is 1. The first-order valence-electron chi connectivity index (χ1n) is 8.14. The monoisotopic (exact) mass is 342 g/mol. The van der Waals surface area contributed by atoms with E-state index in [1.807, 2.05) is 0 Å². The van der Waals surface area contributed by atoms with Crippen molar-refractivity contribution < 1.29 is 14.0 Å². The van der Waals surface area contributed by atoms with E-state index in [0.29, 0.717) is 37.2 Å². The number of pyridine rings is 1. The van der Waals surface area contributed by atoms with Crippen molar-refractivity contribution >= 4 is 17.6 Å². The Bertz CT molecular complexity index is 729. The summed E-state index contributed by atoms with van der Waals surface area (Å²) < 4.78 is 12.9. The quantitative estimate of drug-likeness (QED) is 0.900. The van der Waals surface area contributed by atoms with E-state index in [0.717, 1.165) is 0 Å². The Balaban J connectivity index is 1.46. The number of anilines is 1. The molecule has 2 aromatic rings. The summed E-state index contributed by atoms with van der Waals surface area (Å²) in [5, 5.41) is 5.56. The molecular weight excluding hydrogens is 323 g/mol. The van der Waals surface area contributed by atoms with E-state index in [-0.39, 0.29) is 23.8 Å². The van der Waals surface area contributed by atoms with Gasteiger partial charge < -0.3 is 15.5 Å². The van der Waals surface area contributed by atoms with Gasteiger partial charge in [0.2, 0.25) is 0 Å². The molecule has 3 rings (SSSR count). The summed E-state index contributed by atoms with van der Waals surface area (Å²) in [6.07, 6.45) is 4.56. The first kappa shape index (κ1) is 16.9. The van der Waals surface area contributed by atoms with Crippen molar-refractivity contribution in [2.24, 2.45) is 0 Å². The lowest BCUT2D eigenvalue weighted by atomic mass is 10.0. The Morgan fingerprint density at radius 1 is 1.12 bits per heavy atom. The van der Waals surface area contributed by atoms with E-state index < -0.39 is 0 Å². The minimum Gasteiger partial charge on any atom is -0.338 e. The summed E-state index contributed by atoms with van der Waals surface area (Å²) in [7, 11) is 0. The first-order valence-corrected chi connectivity index (χ1v) is 8.14. The topological polar surface area (TPSA) is 74.3 Å². The number of aromatic nitrogens is 1. The smallest absolute Gasteiger partial charge is 0.319 e. The molecule has 0 bridgehead atoms. The second kappa shape index (κ2) is 7.74. The number of nitrogens with zero attached hydrogens (tertiary/aromatic N) is 2. The van der Waals surface area contributed by atoms with E-state index in [2.05, 4.69) is 15.6 Å². The number of benzene rings is 1. The highest BCUT2D eigenvalue weighted by Gasteiger charge is 2.24. The molecule has 1 aromatic heterocycles. The molecule has 1 saturated heterocycles. The number of urea groups is 1. The van der Waals surface area contributed by atoms with Crippen molar-refractivity contribution in [1.82, 2.24) is 15.2 Å². The lowest BCUT2D eigenvalue weighted by molar-refractivity contribution is 0.0708. The fraction of sp³-hybridized carbons (Fsp3) is 0.278. The number of hydrogen-bond acceptors (Lipinski definition) is 3. The molecule has 0 saturated carbocycles. The van der Waals surface area contributed by atoms with Gasteiger partial charge in [0.25, 0.3) is 5.91 Å². The van der Waals surface area contributed by atoms with Crippen molar-refractivity contribution in [2.75, 3.05) is 18.4 Å². The highest BCUT2D eigenvalue weighted by molar-refractivity contribution is 5.94. The minimum atomic E-state index is -0.350. The SMILES string of the molecule is O=C(Nc1ccc(F)cc1)NC1CCN(C(=O)c2cccnc2)CC1. The highest BCUT2D eigenvalue weighted by Crippen LogP contribution is 2.14. The zero-order valence-corrected chi connectivity index (χ0v) is 13.6. The van der Waals surface area contributed by atoms with Crippen LogP contribution in [-0.2, 0) is 0 Å². The van der Waals surface area contributed by atoms with Crippen LogP contribution in [0.2, 0.25) is 0 Å². The van der Waals surface area contributed by atoms with Crippen LogP contribution in [0.1, 0.15) is 23.2 Å². The van der Waals surface area contributed by atoms with Gasteiger partial charge in [-0.1, -0.05) is 0 Å². The molecule has 1 aliphatic heterocycles. The molecule has 7 heteroatoms. The molecule has 25 heavy (non-hydrogen) atoms. The molecule has 2 heterocycles. The Morgan fingerprint density at radius 3 is 2.48 bits per heavy atom. The zero-order chi connectivity index (χ0) is 17.6. The summed E-state index contributed by atoms with van der Waals surface area (Å²) in [5.41, 5.74) is 1.10. The third kappa shape index (κ3) is 4.53. The van der Waals surface area contributed by atoms with Crippen molar-refractivity contribution in [3.05, 3.63) is 60.2 Å². The van der Waals surface area contributed by atoms with Crippen molar-refractivity contribution in [3.8, 4) is 0 Å². The van der Waals surface area contributed by atoms with Crippen LogP contribution in [0.5, 0.6) is 0 Å². The van der Waals surface area contributed by atoms with Crippen LogP contribution in [0.15, 0.2) is 48.8 Å². The van der Waals surface area contributed by atoms with Crippen LogP contribution in [0, 0.1) is 5.82 Å². The average molecular weight is 342 g/mol. The third-order valence-corrected chi connectivity index (χ3v) is 4.13. The van der Waals surface area contributed by atoms with Gasteiger partial charge >= 0.3 is 6.03 Å². The van der Waals surface area contributed by atoms with Crippen molar-refractivity contribution in [2.45, 2.75) is 18.9 Å². The molecule has 2 N–H and O–H groups in total. The Morgan fingerprint density at radius 2 is 1.84 bits per heavy atom. The number of rotatable bonds is 3. The molecule has 0 radical (unpaired) electrons. The molecule has 0 atom stereocenters. The summed E-state index contributed by atoms with van der Waals surface area (Å²) in [6.45, 7) is 1.16. The lowest BCUT2D eigenvalue weighted by Gasteiger charge is -2.32. The maximum Gasteiger partial charge on any atom is 0.319 e. The predicted octanol–water partition coefficient (Wildman–Crippen LogP) is 2.65.